The van der Waals surface area contributed by atoms with Gasteiger partial charge in [-0.05, 0) is 79.2 Å². The lowest BCUT2D eigenvalue weighted by molar-refractivity contribution is 0.586. The molecule has 0 aliphatic carbocycles. The summed E-state index contributed by atoms with van der Waals surface area (Å²) in [6, 6.07) is 23.3. The summed E-state index contributed by atoms with van der Waals surface area (Å²) >= 11 is 11.9. The summed E-state index contributed by atoms with van der Waals surface area (Å²) in [5.74, 6) is 0. The maximum atomic E-state index is 2.53. The van der Waals surface area contributed by atoms with Gasteiger partial charge in [-0.3, -0.25) is 0 Å². The van der Waals surface area contributed by atoms with Gasteiger partial charge in [0.05, 0.1) is 10.00 Å². The highest BCUT2D eigenvalue weighted by Crippen LogP contribution is 2.57. The Morgan fingerprint density at radius 1 is 0.619 bits per heavy atom. The molecule has 5 aromatic rings. The summed E-state index contributed by atoms with van der Waals surface area (Å²) in [6.07, 6.45) is 18.1. The van der Waals surface area contributed by atoms with Crippen molar-refractivity contribution in [3.05, 3.63) is 92.8 Å². The zero-order valence-electron chi connectivity index (χ0n) is 24.6. The van der Waals surface area contributed by atoms with E-state index in [-0.39, 0.29) is 4.75 Å². The lowest BCUT2D eigenvalue weighted by atomic mass is 9.97. The van der Waals surface area contributed by atoms with Crippen molar-refractivity contribution in [2.24, 2.45) is 0 Å². The van der Waals surface area contributed by atoms with Crippen LogP contribution in [0.25, 0.3) is 29.3 Å². The van der Waals surface area contributed by atoms with Crippen molar-refractivity contribution < 1.29 is 0 Å². The normalized spacial score (nSPS) is 18.4. The van der Waals surface area contributed by atoms with Crippen LogP contribution in [0, 0.1) is 0 Å². The zero-order chi connectivity index (χ0) is 28.8. The summed E-state index contributed by atoms with van der Waals surface area (Å²) in [5, 5.41) is 2.69. The molecule has 0 spiro atoms. The first kappa shape index (κ1) is 30.6. The Morgan fingerprint density at radius 2 is 1.24 bits per heavy atom. The second-order valence-electron chi connectivity index (χ2n) is 11.2. The number of hydrogen-bond acceptors (Lipinski definition) is 6. The number of rotatable bonds is 15. The second-order valence-corrected chi connectivity index (χ2v) is 18.1. The molecule has 2 unspecified atom stereocenters. The highest BCUT2D eigenvalue weighted by Gasteiger charge is 2.38. The molecule has 0 nitrogen and oxygen atoms in total. The minimum atomic E-state index is 0.141. The summed E-state index contributed by atoms with van der Waals surface area (Å²) in [6.45, 7) is 4.58. The van der Waals surface area contributed by atoms with E-state index < -0.39 is 0 Å². The van der Waals surface area contributed by atoms with Gasteiger partial charge in [-0.1, -0.05) is 77.0 Å². The predicted octanol–water partition coefficient (Wildman–Crippen LogP) is 14.3. The topological polar surface area (TPSA) is 0 Å². The predicted molar refractivity (Wildman–Crippen MR) is 196 cm³/mol. The number of hydrogen-bond donors (Lipinski definition) is 0. The van der Waals surface area contributed by atoms with Crippen LogP contribution < -0.4 is 0 Å². The van der Waals surface area contributed by atoms with E-state index in [2.05, 4.69) is 104 Å². The highest BCUT2D eigenvalue weighted by molar-refractivity contribution is 8.01. The Morgan fingerprint density at radius 3 is 1.90 bits per heavy atom. The molecule has 6 heteroatoms. The van der Waals surface area contributed by atoms with Gasteiger partial charge in [-0.25, -0.2) is 0 Å². The number of aryl methyl sites for hydroxylation is 1. The monoisotopic (exact) mass is 664 g/mol. The fourth-order valence-electron chi connectivity index (χ4n) is 5.65. The van der Waals surface area contributed by atoms with Crippen LogP contribution in [0.2, 0.25) is 0 Å². The van der Waals surface area contributed by atoms with Crippen molar-refractivity contribution >= 4 is 68.4 Å². The van der Waals surface area contributed by atoms with E-state index in [9.17, 15) is 0 Å². The smallest absolute Gasteiger partial charge is 0.0690 e. The molecule has 0 saturated carbocycles. The van der Waals surface area contributed by atoms with Crippen LogP contribution in [-0.4, -0.2) is 0 Å². The minimum absolute atomic E-state index is 0.141. The average molecular weight is 665 g/mol. The van der Waals surface area contributed by atoms with Gasteiger partial charge in [0.1, 0.15) is 0 Å². The van der Waals surface area contributed by atoms with Crippen LogP contribution in [0.4, 0.5) is 0 Å². The third-order valence-corrected chi connectivity index (χ3v) is 16.0. The van der Waals surface area contributed by atoms with Crippen molar-refractivity contribution in [2.75, 3.05) is 0 Å². The van der Waals surface area contributed by atoms with E-state index >= 15 is 0 Å². The van der Waals surface area contributed by atoms with E-state index in [0.717, 1.165) is 0 Å². The van der Waals surface area contributed by atoms with Crippen molar-refractivity contribution in [1.82, 2.24) is 0 Å². The lowest BCUT2D eigenvalue weighted by Crippen LogP contribution is -2.15. The van der Waals surface area contributed by atoms with Gasteiger partial charge >= 0.3 is 0 Å². The molecule has 220 valence electrons. The first-order valence-corrected chi connectivity index (χ1v) is 20.5. The fourth-order valence-corrected chi connectivity index (χ4v) is 12.8. The maximum absolute atomic E-state index is 2.53. The zero-order valence-corrected chi connectivity index (χ0v) is 29.5. The first-order valence-electron chi connectivity index (χ1n) is 15.5. The second kappa shape index (κ2) is 14.6. The Bertz CT molecular complexity index is 1560. The molecule has 0 radical (unpaired) electrons. The molecule has 1 aliphatic heterocycles. The Hall–Kier alpha value is -1.41. The van der Waals surface area contributed by atoms with Gasteiger partial charge in [0.15, 0.2) is 0 Å². The van der Waals surface area contributed by atoms with Crippen LogP contribution in [0.5, 0.6) is 0 Å². The number of thiophene rings is 5. The number of thioether (sulfide) groups is 1. The van der Waals surface area contributed by atoms with Gasteiger partial charge in [-0.15, -0.1) is 68.4 Å². The summed E-state index contributed by atoms with van der Waals surface area (Å²) in [7, 11) is 0. The highest BCUT2D eigenvalue weighted by atomic mass is 32.2. The molecule has 0 aromatic carbocycles. The molecule has 0 bridgehead atoms. The van der Waals surface area contributed by atoms with Gasteiger partial charge in [0.25, 0.3) is 0 Å². The molecule has 2 atom stereocenters. The van der Waals surface area contributed by atoms with Crippen LogP contribution in [0.3, 0.4) is 0 Å². The third kappa shape index (κ3) is 7.11. The van der Waals surface area contributed by atoms with Crippen LogP contribution in [0.1, 0.15) is 91.5 Å². The molecule has 5 aromatic heterocycles. The number of unbranched alkanes of at least 4 members (excludes halogenated alkanes) is 6. The molecule has 1 aliphatic rings. The SMILES string of the molecule is CCCCCCc1ccc(-c2ccc(-c3ccc(-c4ccc(C5C=CC(CCCCCC)(c6cccs6)S5)s4)s3)s2)s1. The Balaban J connectivity index is 1.11. The maximum Gasteiger partial charge on any atom is 0.0690 e. The van der Waals surface area contributed by atoms with Crippen molar-refractivity contribution in [1.29, 1.82) is 0 Å². The third-order valence-electron chi connectivity index (χ3n) is 8.00. The average Bonchev–Trinajstić information content (AvgIpc) is 3.84. The van der Waals surface area contributed by atoms with Gasteiger partial charge < -0.3 is 0 Å². The summed E-state index contributed by atoms with van der Waals surface area (Å²) < 4.78 is 0.141. The van der Waals surface area contributed by atoms with Gasteiger partial charge in [0.2, 0.25) is 0 Å². The van der Waals surface area contributed by atoms with E-state index in [1.165, 1.54) is 108 Å². The Labute approximate surface area is 276 Å². The molecule has 6 heterocycles. The van der Waals surface area contributed by atoms with E-state index in [4.69, 9.17) is 0 Å². The van der Waals surface area contributed by atoms with Crippen LogP contribution in [-0.2, 0) is 11.2 Å². The fraction of sp³-hybridized carbons (Fsp3) is 0.389. The van der Waals surface area contributed by atoms with Crippen molar-refractivity contribution in [3.8, 4) is 29.3 Å². The van der Waals surface area contributed by atoms with E-state index in [1.54, 1.807) is 0 Å². The minimum Gasteiger partial charge on any atom is -0.147 e. The van der Waals surface area contributed by atoms with Crippen LogP contribution in [0.15, 0.2) is 78.2 Å². The molecular weight excluding hydrogens is 625 g/mol. The molecule has 0 saturated heterocycles. The molecule has 0 fully saturated rings. The van der Waals surface area contributed by atoms with Gasteiger partial charge in [0, 0.05) is 43.9 Å². The van der Waals surface area contributed by atoms with E-state index in [1.807, 2.05) is 56.7 Å². The molecule has 42 heavy (non-hydrogen) atoms. The molecule has 0 N–H and O–H groups in total. The van der Waals surface area contributed by atoms with Crippen LogP contribution >= 0.6 is 68.4 Å². The molecule has 6 rings (SSSR count). The summed E-state index contributed by atoms with van der Waals surface area (Å²) in [4.78, 5) is 12.9. The largest absolute Gasteiger partial charge is 0.147 e. The standard InChI is InChI=1S/C36H40S6/c1-3-5-7-9-12-26-14-15-27(38-26)28-16-17-29(39-28)30-18-19-31(40-30)32-20-21-33(41-32)34-22-24-36(42-34,23-10-8-6-4-2)35-13-11-25-37-35/h11,13-22,24-25,34H,3-10,12,23H2,1-2H3. The van der Waals surface area contributed by atoms with Gasteiger partial charge in [-0.2, -0.15) is 0 Å². The summed E-state index contributed by atoms with van der Waals surface area (Å²) in [5.41, 5.74) is 0. The van der Waals surface area contributed by atoms with Crippen molar-refractivity contribution in [3.63, 3.8) is 0 Å². The molecule has 0 amide bonds. The quantitative estimate of drug-likeness (QED) is 0.0793. The Kier molecular flexibility index (Phi) is 10.6. The van der Waals surface area contributed by atoms with Crippen molar-refractivity contribution in [2.45, 2.75) is 88.1 Å². The lowest BCUT2D eigenvalue weighted by Gasteiger charge is -2.27. The van der Waals surface area contributed by atoms with E-state index in [0.29, 0.717) is 5.25 Å². The first-order chi connectivity index (χ1) is 20.7. The molecular formula is C36H40S6.